The minimum absolute atomic E-state index is 0.423. The molecular formula is C24H15N5O2. The fraction of sp³-hybridized carbons (Fsp3) is 0. The monoisotopic (exact) mass is 405 g/mol. The fourth-order valence-corrected chi connectivity index (χ4v) is 3.12. The lowest BCUT2D eigenvalue weighted by atomic mass is 10.2. The van der Waals surface area contributed by atoms with Gasteiger partial charge < -0.3 is 14.5 Å². The van der Waals surface area contributed by atoms with Crippen LogP contribution in [-0.2, 0) is 0 Å². The Morgan fingerprint density at radius 2 is 1.61 bits per heavy atom. The summed E-state index contributed by atoms with van der Waals surface area (Å²) in [6, 6.07) is 23.8. The summed E-state index contributed by atoms with van der Waals surface area (Å²) in [6.45, 7) is 0. The largest absolute Gasteiger partial charge is 0.453 e. The van der Waals surface area contributed by atoms with Gasteiger partial charge in [-0.2, -0.15) is 5.26 Å². The molecule has 5 aromatic rings. The van der Waals surface area contributed by atoms with Crippen molar-refractivity contribution in [3.05, 3.63) is 90.8 Å². The lowest BCUT2D eigenvalue weighted by Crippen LogP contribution is -1.92. The van der Waals surface area contributed by atoms with E-state index in [0.29, 0.717) is 51.2 Å². The van der Waals surface area contributed by atoms with Crippen molar-refractivity contribution in [2.75, 3.05) is 0 Å². The number of ether oxygens (including phenoxy) is 2. The number of imidazole rings is 1. The molecule has 0 aliphatic heterocycles. The van der Waals surface area contributed by atoms with Gasteiger partial charge in [-0.15, -0.1) is 0 Å². The van der Waals surface area contributed by atoms with Gasteiger partial charge in [0, 0.05) is 30.6 Å². The van der Waals surface area contributed by atoms with Crippen molar-refractivity contribution in [3.8, 4) is 40.7 Å². The number of H-pyrrole nitrogens is 1. The molecule has 1 N–H and O–H groups in total. The van der Waals surface area contributed by atoms with E-state index in [0.717, 1.165) is 0 Å². The Balaban J connectivity index is 1.63. The first-order valence-electron chi connectivity index (χ1n) is 9.51. The van der Waals surface area contributed by atoms with Crippen LogP contribution in [0.25, 0.3) is 22.6 Å². The minimum Gasteiger partial charge on any atom is -0.453 e. The number of hydrogen-bond donors (Lipinski definition) is 1. The number of nitriles is 1. The number of benzene rings is 2. The number of para-hydroxylation sites is 1. The van der Waals surface area contributed by atoms with Gasteiger partial charge in [-0.05, 0) is 30.3 Å². The highest BCUT2D eigenvalue weighted by Gasteiger charge is 2.16. The molecule has 0 radical (unpaired) electrons. The molecule has 0 saturated carbocycles. The first-order chi connectivity index (χ1) is 15.3. The Kier molecular flexibility index (Phi) is 4.71. The topological polar surface area (TPSA) is 96.7 Å². The second-order valence-corrected chi connectivity index (χ2v) is 6.60. The number of rotatable bonds is 5. The quantitative estimate of drug-likeness (QED) is 0.416. The van der Waals surface area contributed by atoms with Crippen LogP contribution in [0.3, 0.4) is 0 Å². The molecule has 5 rings (SSSR count). The molecule has 31 heavy (non-hydrogen) atoms. The van der Waals surface area contributed by atoms with E-state index < -0.39 is 0 Å². The molecule has 0 bridgehead atoms. The molecule has 0 unspecified atom stereocenters. The van der Waals surface area contributed by atoms with E-state index in [2.05, 4.69) is 26.0 Å². The highest BCUT2D eigenvalue weighted by Crippen LogP contribution is 2.36. The van der Waals surface area contributed by atoms with Crippen molar-refractivity contribution in [2.45, 2.75) is 0 Å². The average Bonchev–Trinajstić information content (AvgIpc) is 3.25. The molecule has 3 heterocycles. The Morgan fingerprint density at radius 3 is 2.39 bits per heavy atom. The zero-order chi connectivity index (χ0) is 21.0. The van der Waals surface area contributed by atoms with E-state index in [1.165, 1.54) is 0 Å². The number of nitrogens with one attached hydrogen (secondary N) is 1. The van der Waals surface area contributed by atoms with Crippen molar-refractivity contribution in [2.24, 2.45) is 0 Å². The van der Waals surface area contributed by atoms with E-state index in [1.54, 1.807) is 42.7 Å². The first-order valence-corrected chi connectivity index (χ1v) is 9.51. The number of pyridine rings is 2. The number of nitrogens with zero attached hydrogens (tertiary/aromatic N) is 4. The van der Waals surface area contributed by atoms with Gasteiger partial charge in [0.2, 0.25) is 5.88 Å². The Hall–Kier alpha value is -4.70. The van der Waals surface area contributed by atoms with E-state index in [-0.39, 0.29) is 0 Å². The molecule has 0 aliphatic carbocycles. The first kappa shape index (κ1) is 18.3. The zero-order valence-electron chi connectivity index (χ0n) is 16.2. The number of aromatic nitrogens is 4. The van der Waals surface area contributed by atoms with Crippen LogP contribution in [0, 0.1) is 11.3 Å². The summed E-state index contributed by atoms with van der Waals surface area (Å²) in [7, 11) is 0. The number of hydrogen-bond acceptors (Lipinski definition) is 6. The molecule has 3 aromatic heterocycles. The van der Waals surface area contributed by atoms with Crippen LogP contribution in [-0.4, -0.2) is 19.9 Å². The summed E-state index contributed by atoms with van der Waals surface area (Å²) < 4.78 is 12.0. The molecule has 7 heteroatoms. The van der Waals surface area contributed by atoms with Gasteiger partial charge >= 0.3 is 0 Å². The Labute approximate surface area is 177 Å². The fourth-order valence-electron chi connectivity index (χ4n) is 3.12. The summed E-state index contributed by atoms with van der Waals surface area (Å²) >= 11 is 0. The van der Waals surface area contributed by atoms with Gasteiger partial charge in [0.25, 0.3) is 0 Å². The van der Waals surface area contributed by atoms with Gasteiger partial charge in [0.05, 0.1) is 11.1 Å². The summed E-state index contributed by atoms with van der Waals surface area (Å²) in [5.41, 5.74) is 2.43. The second kappa shape index (κ2) is 7.97. The molecule has 2 aromatic carbocycles. The predicted molar refractivity (Wildman–Crippen MR) is 115 cm³/mol. The van der Waals surface area contributed by atoms with Gasteiger partial charge in [-0.3, -0.25) is 4.98 Å². The molecular weight excluding hydrogens is 390 g/mol. The van der Waals surface area contributed by atoms with Crippen molar-refractivity contribution >= 4 is 11.0 Å². The van der Waals surface area contributed by atoms with Crippen LogP contribution >= 0.6 is 0 Å². The third-order valence-corrected chi connectivity index (χ3v) is 4.52. The van der Waals surface area contributed by atoms with Gasteiger partial charge in [-0.25, -0.2) is 9.97 Å². The maximum atomic E-state index is 9.42. The summed E-state index contributed by atoms with van der Waals surface area (Å²) in [5.74, 6) is 2.46. The van der Waals surface area contributed by atoms with Crippen LogP contribution < -0.4 is 9.47 Å². The molecule has 148 valence electrons. The van der Waals surface area contributed by atoms with Gasteiger partial charge in [0.15, 0.2) is 11.6 Å². The van der Waals surface area contributed by atoms with E-state index in [1.807, 2.05) is 42.5 Å². The molecule has 0 spiro atoms. The SMILES string of the molecule is N#Cc1ccccc1Oc1cc(Oc2ccccn2)cc2[nH]c(-c3ccccn3)nc12. The molecule has 0 atom stereocenters. The van der Waals surface area contributed by atoms with Crippen molar-refractivity contribution < 1.29 is 9.47 Å². The third kappa shape index (κ3) is 3.78. The van der Waals surface area contributed by atoms with E-state index in [4.69, 9.17) is 9.47 Å². The smallest absolute Gasteiger partial charge is 0.219 e. The average molecular weight is 405 g/mol. The lowest BCUT2D eigenvalue weighted by molar-refractivity contribution is 0.451. The summed E-state index contributed by atoms with van der Waals surface area (Å²) in [6.07, 6.45) is 3.36. The van der Waals surface area contributed by atoms with Crippen LogP contribution in [0.4, 0.5) is 0 Å². The van der Waals surface area contributed by atoms with Crippen molar-refractivity contribution in [3.63, 3.8) is 0 Å². The second-order valence-electron chi connectivity index (χ2n) is 6.60. The van der Waals surface area contributed by atoms with E-state index in [9.17, 15) is 5.26 Å². The number of aromatic amines is 1. The Bertz CT molecular complexity index is 1390. The summed E-state index contributed by atoms with van der Waals surface area (Å²) in [5, 5.41) is 9.42. The molecule has 7 nitrogen and oxygen atoms in total. The predicted octanol–water partition coefficient (Wildman–Crippen LogP) is 5.48. The van der Waals surface area contributed by atoms with E-state index >= 15 is 0 Å². The molecule has 0 fully saturated rings. The highest BCUT2D eigenvalue weighted by molar-refractivity contribution is 5.86. The van der Waals surface area contributed by atoms with Gasteiger partial charge in [0.1, 0.15) is 28.8 Å². The maximum Gasteiger partial charge on any atom is 0.219 e. The van der Waals surface area contributed by atoms with Gasteiger partial charge in [-0.1, -0.05) is 24.3 Å². The van der Waals surface area contributed by atoms with Crippen molar-refractivity contribution in [1.29, 1.82) is 5.26 Å². The minimum atomic E-state index is 0.423. The number of fused-ring (bicyclic) bond motifs is 1. The lowest BCUT2D eigenvalue weighted by Gasteiger charge is -2.10. The van der Waals surface area contributed by atoms with Crippen LogP contribution in [0.5, 0.6) is 23.1 Å². The highest BCUT2D eigenvalue weighted by atomic mass is 16.5. The van der Waals surface area contributed by atoms with Crippen molar-refractivity contribution in [1.82, 2.24) is 19.9 Å². The van der Waals surface area contributed by atoms with Crippen LogP contribution in [0.15, 0.2) is 85.2 Å². The van der Waals surface area contributed by atoms with Crippen LogP contribution in [0.1, 0.15) is 5.56 Å². The standard InChI is InChI=1S/C24H15N5O2/c25-15-16-7-1-2-9-20(16)31-21-14-17(30-22-10-4-6-12-27-22)13-19-23(21)29-24(28-19)18-8-3-5-11-26-18/h1-14H,(H,28,29). The molecule has 0 amide bonds. The molecule has 0 saturated heterocycles. The third-order valence-electron chi connectivity index (χ3n) is 4.52. The summed E-state index contributed by atoms with van der Waals surface area (Å²) in [4.78, 5) is 16.5. The van der Waals surface area contributed by atoms with Crippen LogP contribution in [0.2, 0.25) is 0 Å². The Morgan fingerprint density at radius 1 is 0.806 bits per heavy atom. The maximum absolute atomic E-state index is 9.42. The normalized spacial score (nSPS) is 10.5. The zero-order valence-corrected chi connectivity index (χ0v) is 16.2. The molecule has 0 aliphatic rings.